The first-order valence-electron chi connectivity index (χ1n) is 8.11. The molecule has 0 saturated carbocycles. The molecule has 0 aromatic rings. The minimum Gasteiger partial charge on any atom is -0.297 e. The van der Waals surface area contributed by atoms with Crippen LogP contribution in [0, 0.1) is 0 Å². The summed E-state index contributed by atoms with van der Waals surface area (Å²) in [4.78, 5) is 5.50. The molecule has 2 saturated heterocycles. The first-order chi connectivity index (χ1) is 8.59. The Balaban J connectivity index is 1.85. The van der Waals surface area contributed by atoms with Crippen LogP contribution in [0.3, 0.4) is 0 Å². The van der Waals surface area contributed by atoms with Crippen LogP contribution in [-0.4, -0.2) is 47.1 Å². The van der Waals surface area contributed by atoms with Gasteiger partial charge in [0.05, 0.1) is 0 Å². The van der Waals surface area contributed by atoms with Crippen LogP contribution in [-0.2, 0) is 0 Å². The van der Waals surface area contributed by atoms with Gasteiger partial charge in [0.1, 0.15) is 0 Å². The summed E-state index contributed by atoms with van der Waals surface area (Å²) in [6.45, 7) is 12.2. The predicted molar refractivity (Wildman–Crippen MR) is 79.0 cm³/mol. The van der Waals surface area contributed by atoms with E-state index >= 15 is 0 Å². The predicted octanol–water partition coefficient (Wildman–Crippen LogP) is 3.51. The molecule has 2 fully saturated rings. The highest BCUT2D eigenvalue weighted by molar-refractivity contribution is 4.84. The fourth-order valence-electron chi connectivity index (χ4n) is 4.06. The lowest BCUT2D eigenvalue weighted by molar-refractivity contribution is 0.0509. The molecule has 0 aliphatic carbocycles. The van der Waals surface area contributed by atoms with Crippen LogP contribution >= 0.6 is 0 Å². The van der Waals surface area contributed by atoms with Crippen LogP contribution in [0.5, 0.6) is 0 Å². The van der Waals surface area contributed by atoms with Gasteiger partial charge < -0.3 is 0 Å². The summed E-state index contributed by atoms with van der Waals surface area (Å²) in [6.07, 6.45) is 8.44. The molecule has 0 bridgehead atoms. The molecule has 2 aliphatic rings. The van der Waals surface area contributed by atoms with E-state index in [9.17, 15) is 0 Å². The van der Waals surface area contributed by atoms with Crippen molar-refractivity contribution in [3.63, 3.8) is 0 Å². The van der Waals surface area contributed by atoms with E-state index in [1.165, 1.54) is 51.6 Å². The van der Waals surface area contributed by atoms with Crippen LogP contribution in [0.1, 0.15) is 66.2 Å². The van der Waals surface area contributed by atoms with Crippen LogP contribution < -0.4 is 0 Å². The minimum atomic E-state index is 0.796. The van der Waals surface area contributed by atoms with E-state index in [1.54, 1.807) is 0 Å². The van der Waals surface area contributed by atoms with E-state index in [-0.39, 0.29) is 0 Å². The summed E-state index contributed by atoms with van der Waals surface area (Å²) >= 11 is 0. The maximum Gasteiger partial charge on any atom is 0.0115 e. The Kier molecular flexibility index (Phi) is 5.08. The Morgan fingerprint density at radius 3 is 1.17 bits per heavy atom. The third kappa shape index (κ3) is 3.27. The first-order valence-corrected chi connectivity index (χ1v) is 8.11. The molecule has 4 unspecified atom stereocenters. The second kappa shape index (κ2) is 6.38. The van der Waals surface area contributed by atoms with Crippen molar-refractivity contribution < 1.29 is 0 Å². The van der Waals surface area contributed by atoms with Gasteiger partial charge in [-0.05, 0) is 53.4 Å². The largest absolute Gasteiger partial charge is 0.297 e. The number of hydrogen-bond donors (Lipinski definition) is 0. The summed E-state index contributed by atoms with van der Waals surface area (Å²) < 4.78 is 0. The summed E-state index contributed by atoms with van der Waals surface area (Å²) in [5, 5.41) is 0. The van der Waals surface area contributed by atoms with E-state index in [4.69, 9.17) is 0 Å². The van der Waals surface area contributed by atoms with Crippen molar-refractivity contribution in [1.29, 1.82) is 0 Å². The Bertz CT molecular complexity index is 207. The summed E-state index contributed by atoms with van der Waals surface area (Å²) in [5.41, 5.74) is 0. The quantitative estimate of drug-likeness (QED) is 0.758. The van der Waals surface area contributed by atoms with Crippen molar-refractivity contribution in [2.24, 2.45) is 0 Å². The maximum atomic E-state index is 2.75. The third-order valence-electron chi connectivity index (χ3n) is 5.37. The highest BCUT2D eigenvalue weighted by atomic mass is 15.3. The van der Waals surface area contributed by atoms with Gasteiger partial charge >= 0.3 is 0 Å². The second-order valence-corrected chi connectivity index (χ2v) is 6.73. The van der Waals surface area contributed by atoms with Gasteiger partial charge in [0.2, 0.25) is 0 Å². The SMILES string of the molecule is CC1CCCC(C)N1CCN1C(C)CCCC1C. The molecule has 0 aromatic carbocycles. The van der Waals surface area contributed by atoms with Crippen molar-refractivity contribution in [3.8, 4) is 0 Å². The monoisotopic (exact) mass is 252 g/mol. The molecular formula is C16H32N2. The number of nitrogens with zero attached hydrogens (tertiary/aromatic N) is 2. The van der Waals surface area contributed by atoms with E-state index < -0.39 is 0 Å². The average molecular weight is 252 g/mol. The van der Waals surface area contributed by atoms with Gasteiger partial charge in [-0.25, -0.2) is 0 Å². The third-order valence-corrected chi connectivity index (χ3v) is 5.37. The van der Waals surface area contributed by atoms with E-state index in [0.717, 1.165) is 24.2 Å². The van der Waals surface area contributed by atoms with Crippen LogP contribution in [0.15, 0.2) is 0 Å². The van der Waals surface area contributed by atoms with E-state index in [0.29, 0.717) is 0 Å². The van der Waals surface area contributed by atoms with Crippen LogP contribution in [0.4, 0.5) is 0 Å². The van der Waals surface area contributed by atoms with Gasteiger partial charge in [0.15, 0.2) is 0 Å². The molecule has 2 aliphatic heterocycles. The fraction of sp³-hybridized carbons (Fsp3) is 1.00. The molecule has 0 N–H and O–H groups in total. The summed E-state index contributed by atoms with van der Waals surface area (Å²) in [7, 11) is 0. The number of hydrogen-bond acceptors (Lipinski definition) is 2. The number of rotatable bonds is 3. The first kappa shape index (κ1) is 14.3. The molecule has 2 heterocycles. The zero-order valence-electron chi connectivity index (χ0n) is 12.9. The van der Waals surface area contributed by atoms with Crippen LogP contribution in [0.2, 0.25) is 0 Å². The molecule has 0 amide bonds. The molecule has 0 radical (unpaired) electrons. The van der Waals surface area contributed by atoms with Crippen molar-refractivity contribution >= 4 is 0 Å². The Morgan fingerprint density at radius 1 is 0.611 bits per heavy atom. The average Bonchev–Trinajstić information content (AvgIpc) is 2.31. The Labute approximate surface area is 114 Å². The van der Waals surface area contributed by atoms with Crippen molar-refractivity contribution in [2.75, 3.05) is 13.1 Å². The molecule has 2 heteroatoms. The molecule has 0 aromatic heterocycles. The fourth-order valence-corrected chi connectivity index (χ4v) is 4.06. The molecule has 2 nitrogen and oxygen atoms in total. The van der Waals surface area contributed by atoms with Gasteiger partial charge in [-0.2, -0.15) is 0 Å². The van der Waals surface area contributed by atoms with Gasteiger partial charge in [-0.15, -0.1) is 0 Å². The molecule has 0 spiro atoms. The second-order valence-electron chi connectivity index (χ2n) is 6.73. The molecule has 18 heavy (non-hydrogen) atoms. The lowest BCUT2D eigenvalue weighted by atomic mass is 9.96. The highest BCUT2D eigenvalue weighted by Crippen LogP contribution is 2.25. The molecule has 2 rings (SSSR count). The normalized spacial score (nSPS) is 40.0. The zero-order valence-corrected chi connectivity index (χ0v) is 12.9. The van der Waals surface area contributed by atoms with Gasteiger partial charge in [-0.1, -0.05) is 12.8 Å². The van der Waals surface area contributed by atoms with Gasteiger partial charge in [0, 0.05) is 37.3 Å². The Morgan fingerprint density at radius 2 is 0.889 bits per heavy atom. The Hall–Kier alpha value is -0.0800. The number of piperidine rings is 2. The van der Waals surface area contributed by atoms with E-state index in [2.05, 4.69) is 37.5 Å². The maximum absolute atomic E-state index is 2.75. The van der Waals surface area contributed by atoms with Crippen molar-refractivity contribution in [2.45, 2.75) is 90.4 Å². The minimum absolute atomic E-state index is 0.796. The number of likely N-dealkylation sites (tertiary alicyclic amines) is 2. The van der Waals surface area contributed by atoms with Gasteiger partial charge in [0.25, 0.3) is 0 Å². The topological polar surface area (TPSA) is 6.48 Å². The summed E-state index contributed by atoms with van der Waals surface area (Å²) in [5.74, 6) is 0. The van der Waals surface area contributed by atoms with Crippen molar-refractivity contribution in [1.82, 2.24) is 9.80 Å². The zero-order chi connectivity index (χ0) is 13.1. The lowest BCUT2D eigenvalue weighted by Gasteiger charge is -2.43. The summed E-state index contributed by atoms with van der Waals surface area (Å²) in [6, 6.07) is 3.18. The van der Waals surface area contributed by atoms with Crippen LogP contribution in [0.25, 0.3) is 0 Å². The lowest BCUT2D eigenvalue weighted by Crippen LogP contribution is -2.51. The molecule has 106 valence electrons. The molecule has 4 atom stereocenters. The highest BCUT2D eigenvalue weighted by Gasteiger charge is 2.28. The smallest absolute Gasteiger partial charge is 0.0115 e. The standard InChI is InChI=1S/C16H32N2/c1-13-7-5-8-14(2)17(13)11-12-18-15(3)9-6-10-16(18)4/h13-16H,5-12H2,1-4H3. The van der Waals surface area contributed by atoms with Gasteiger partial charge in [-0.3, -0.25) is 9.80 Å². The molecular weight excluding hydrogens is 220 g/mol. The van der Waals surface area contributed by atoms with Crippen molar-refractivity contribution in [3.05, 3.63) is 0 Å². The van der Waals surface area contributed by atoms with E-state index in [1.807, 2.05) is 0 Å².